The van der Waals surface area contributed by atoms with Crippen LogP contribution in [0.4, 0.5) is 5.69 Å². The number of esters is 1. The number of amides is 2. The van der Waals surface area contributed by atoms with Crippen molar-refractivity contribution in [3.63, 3.8) is 0 Å². The average Bonchev–Trinajstić information content (AvgIpc) is 2.70. The van der Waals surface area contributed by atoms with Crippen LogP contribution in [-0.2, 0) is 19.7 Å². The van der Waals surface area contributed by atoms with Crippen LogP contribution in [0.15, 0.2) is 42.5 Å². The zero-order valence-electron chi connectivity index (χ0n) is 18.0. The Balaban J connectivity index is 1.80. The molecular formula is C23H28N2O5. The summed E-state index contributed by atoms with van der Waals surface area (Å²) in [4.78, 5) is 36.1. The quantitative estimate of drug-likeness (QED) is 0.681. The van der Waals surface area contributed by atoms with Crippen molar-refractivity contribution in [2.45, 2.75) is 33.1 Å². The molecule has 0 aliphatic carbocycles. The molecule has 30 heavy (non-hydrogen) atoms. The summed E-state index contributed by atoms with van der Waals surface area (Å²) in [6, 6.07) is 12.4. The molecule has 0 radical (unpaired) electrons. The molecule has 0 aliphatic rings. The lowest BCUT2D eigenvalue weighted by Crippen LogP contribution is -2.35. The van der Waals surface area contributed by atoms with Gasteiger partial charge in [0.2, 0.25) is 5.91 Å². The number of anilines is 1. The van der Waals surface area contributed by atoms with Crippen molar-refractivity contribution >= 4 is 23.5 Å². The van der Waals surface area contributed by atoms with E-state index in [0.717, 1.165) is 11.1 Å². The molecular weight excluding hydrogens is 384 g/mol. The van der Waals surface area contributed by atoms with Gasteiger partial charge in [-0.1, -0.05) is 39.0 Å². The average molecular weight is 412 g/mol. The van der Waals surface area contributed by atoms with Crippen LogP contribution in [-0.4, -0.2) is 38.0 Å². The van der Waals surface area contributed by atoms with Crippen molar-refractivity contribution in [1.82, 2.24) is 5.32 Å². The number of rotatable bonds is 7. The Kier molecular flexibility index (Phi) is 7.58. The largest absolute Gasteiger partial charge is 0.495 e. The highest BCUT2D eigenvalue weighted by molar-refractivity contribution is 5.96. The Labute approximate surface area is 176 Å². The van der Waals surface area contributed by atoms with Crippen LogP contribution in [0.25, 0.3) is 0 Å². The van der Waals surface area contributed by atoms with Crippen LogP contribution in [0.2, 0.25) is 0 Å². The van der Waals surface area contributed by atoms with Gasteiger partial charge in [0, 0.05) is 0 Å². The van der Waals surface area contributed by atoms with E-state index in [-0.39, 0.29) is 12.0 Å². The summed E-state index contributed by atoms with van der Waals surface area (Å²) in [5, 5.41) is 5.10. The van der Waals surface area contributed by atoms with Crippen molar-refractivity contribution in [3.05, 3.63) is 59.2 Å². The molecule has 0 spiro atoms. The smallest absolute Gasteiger partial charge is 0.338 e. The van der Waals surface area contributed by atoms with Crippen molar-refractivity contribution in [2.75, 3.05) is 25.6 Å². The molecule has 160 valence electrons. The van der Waals surface area contributed by atoms with Crippen LogP contribution in [0.5, 0.6) is 5.75 Å². The molecule has 0 bridgehead atoms. The zero-order valence-corrected chi connectivity index (χ0v) is 18.0. The number of hydrogen-bond donors (Lipinski definition) is 2. The molecule has 2 amide bonds. The lowest BCUT2D eigenvalue weighted by molar-refractivity contribution is -0.126. The minimum atomic E-state index is -0.598. The molecule has 0 saturated carbocycles. The summed E-state index contributed by atoms with van der Waals surface area (Å²) >= 11 is 0. The van der Waals surface area contributed by atoms with Crippen LogP contribution >= 0.6 is 0 Å². The summed E-state index contributed by atoms with van der Waals surface area (Å²) in [7, 11) is 1.51. The maximum absolute atomic E-state index is 12.1. The predicted molar refractivity (Wildman–Crippen MR) is 115 cm³/mol. The highest BCUT2D eigenvalue weighted by Gasteiger charge is 2.16. The number of benzene rings is 2. The summed E-state index contributed by atoms with van der Waals surface area (Å²) in [5.74, 6) is -1.07. The van der Waals surface area contributed by atoms with E-state index in [0.29, 0.717) is 17.0 Å². The first-order valence-corrected chi connectivity index (χ1v) is 9.59. The number of methoxy groups -OCH3 is 1. The molecule has 2 aromatic carbocycles. The van der Waals surface area contributed by atoms with Crippen LogP contribution in [0.1, 0.15) is 42.3 Å². The fraction of sp³-hybridized carbons (Fsp3) is 0.348. The first kappa shape index (κ1) is 22.9. The van der Waals surface area contributed by atoms with Crippen molar-refractivity contribution in [3.8, 4) is 5.75 Å². The number of aryl methyl sites for hydroxylation is 1. The second-order valence-electron chi connectivity index (χ2n) is 7.93. The highest BCUT2D eigenvalue weighted by atomic mass is 16.5. The summed E-state index contributed by atoms with van der Waals surface area (Å²) in [5.41, 5.74) is 2.90. The number of carbonyl (C=O) groups excluding carboxylic acids is 3. The molecule has 0 saturated heterocycles. The molecule has 0 aliphatic heterocycles. The number of carbonyl (C=O) groups is 3. The van der Waals surface area contributed by atoms with Gasteiger partial charge in [-0.2, -0.15) is 0 Å². The lowest BCUT2D eigenvalue weighted by Gasteiger charge is -2.18. The Morgan fingerprint density at radius 2 is 1.63 bits per heavy atom. The van der Waals surface area contributed by atoms with Crippen LogP contribution in [0, 0.1) is 6.92 Å². The minimum absolute atomic E-state index is 0.0225. The van der Waals surface area contributed by atoms with Gasteiger partial charge in [-0.15, -0.1) is 0 Å². The first-order valence-electron chi connectivity index (χ1n) is 9.59. The summed E-state index contributed by atoms with van der Waals surface area (Å²) < 4.78 is 10.2. The van der Waals surface area contributed by atoms with E-state index in [1.807, 2.05) is 25.1 Å². The third-order valence-corrected chi connectivity index (χ3v) is 4.40. The topological polar surface area (TPSA) is 93.7 Å². The molecule has 2 aromatic rings. The SMILES string of the molecule is COc1ccc(C)cc1NC(=O)CNC(=O)COC(=O)c1ccc(C(C)(C)C)cc1. The van der Waals surface area contributed by atoms with Gasteiger partial charge in [0.1, 0.15) is 5.75 Å². The number of nitrogens with one attached hydrogen (secondary N) is 2. The van der Waals surface area contributed by atoms with E-state index in [4.69, 9.17) is 9.47 Å². The third-order valence-electron chi connectivity index (χ3n) is 4.40. The van der Waals surface area contributed by atoms with Crippen molar-refractivity contribution < 1.29 is 23.9 Å². The molecule has 2 rings (SSSR count). The monoisotopic (exact) mass is 412 g/mol. The second-order valence-corrected chi connectivity index (χ2v) is 7.93. The Morgan fingerprint density at radius 1 is 0.967 bits per heavy atom. The Hall–Kier alpha value is -3.35. The van der Waals surface area contributed by atoms with Gasteiger partial charge in [0.05, 0.1) is 24.9 Å². The van der Waals surface area contributed by atoms with Crippen molar-refractivity contribution in [2.24, 2.45) is 0 Å². The normalized spacial score (nSPS) is 10.8. The molecule has 0 heterocycles. The zero-order chi connectivity index (χ0) is 22.3. The maximum Gasteiger partial charge on any atom is 0.338 e. The van der Waals surface area contributed by atoms with E-state index >= 15 is 0 Å². The highest BCUT2D eigenvalue weighted by Crippen LogP contribution is 2.25. The summed E-state index contributed by atoms with van der Waals surface area (Å²) in [6.45, 7) is 7.40. The standard InChI is InChI=1S/C23H28N2O5/c1-15-6-11-19(29-5)18(12-15)25-20(26)13-24-21(27)14-30-22(28)16-7-9-17(10-8-16)23(2,3)4/h6-12H,13-14H2,1-5H3,(H,24,27)(H,25,26). The van der Waals surface area contributed by atoms with E-state index in [9.17, 15) is 14.4 Å². The third kappa shape index (κ3) is 6.62. The lowest BCUT2D eigenvalue weighted by atomic mass is 9.87. The molecule has 0 atom stereocenters. The fourth-order valence-corrected chi connectivity index (χ4v) is 2.66. The molecule has 0 fully saturated rings. The van der Waals surface area contributed by atoms with Gasteiger partial charge >= 0.3 is 5.97 Å². The predicted octanol–water partition coefficient (Wildman–Crippen LogP) is 3.21. The molecule has 0 aromatic heterocycles. The van der Waals surface area contributed by atoms with Crippen molar-refractivity contribution in [1.29, 1.82) is 0 Å². The minimum Gasteiger partial charge on any atom is -0.495 e. The Morgan fingerprint density at radius 3 is 2.23 bits per heavy atom. The van der Waals surface area contributed by atoms with Gasteiger partial charge in [-0.05, 0) is 47.7 Å². The van der Waals surface area contributed by atoms with Gasteiger partial charge in [0.15, 0.2) is 6.61 Å². The van der Waals surface area contributed by atoms with E-state index in [2.05, 4.69) is 31.4 Å². The molecule has 7 nitrogen and oxygen atoms in total. The maximum atomic E-state index is 12.1. The molecule has 0 unspecified atom stereocenters. The summed E-state index contributed by atoms with van der Waals surface area (Å²) in [6.07, 6.45) is 0. The van der Waals surface area contributed by atoms with Gasteiger partial charge in [-0.3, -0.25) is 9.59 Å². The van der Waals surface area contributed by atoms with Crippen LogP contribution < -0.4 is 15.4 Å². The van der Waals surface area contributed by atoms with E-state index in [1.165, 1.54) is 7.11 Å². The van der Waals surface area contributed by atoms with Gasteiger partial charge in [-0.25, -0.2) is 4.79 Å². The fourth-order valence-electron chi connectivity index (χ4n) is 2.66. The van der Waals surface area contributed by atoms with E-state index < -0.39 is 24.4 Å². The number of ether oxygens (including phenoxy) is 2. The van der Waals surface area contributed by atoms with E-state index in [1.54, 1.807) is 24.3 Å². The molecule has 2 N–H and O–H groups in total. The van der Waals surface area contributed by atoms with Gasteiger partial charge in [0.25, 0.3) is 5.91 Å². The second kappa shape index (κ2) is 9.91. The first-order chi connectivity index (χ1) is 14.1. The van der Waals surface area contributed by atoms with Gasteiger partial charge < -0.3 is 20.1 Å². The number of hydrogen-bond acceptors (Lipinski definition) is 5. The molecule has 7 heteroatoms. The Bertz CT molecular complexity index is 914. The van der Waals surface area contributed by atoms with Crippen LogP contribution in [0.3, 0.4) is 0 Å².